The maximum absolute atomic E-state index is 14.5. The van der Waals surface area contributed by atoms with Crippen molar-refractivity contribution in [1.82, 2.24) is 19.6 Å². The lowest BCUT2D eigenvalue weighted by Crippen LogP contribution is -2.45. The molecule has 0 unspecified atom stereocenters. The van der Waals surface area contributed by atoms with Gasteiger partial charge in [0.05, 0.1) is 112 Å². The smallest absolute Gasteiger partial charge is 0.260 e. The summed E-state index contributed by atoms with van der Waals surface area (Å²) >= 11 is 0. The van der Waals surface area contributed by atoms with Gasteiger partial charge in [0.25, 0.3) is 35.4 Å². The molecule has 2 spiro atoms. The molecule has 6 amide bonds. The number of hydrogen-bond donors (Lipinski definition) is 0. The predicted octanol–water partition coefficient (Wildman–Crippen LogP) is 15.0. The van der Waals surface area contributed by atoms with Gasteiger partial charge in [-0.15, -0.1) is 0 Å². The SMILES string of the molecule is COc1cc2c(cc1OCCCOc1cc3c(cc1OC)C(=O)N1CC4(CC4)C[C@H]1C(=O)N3COCC[Si](C)(C)C)N(COCC[Si](C)(C)C)C(=O)[C@@H]1CC(c3ccc(C)cc3)=CN1C2=O.COc1cc2c(cc1OCCCOc1cc3c(cc1OC)C(=O)N1CC4(CC4)C[C@H]1C=N3)N=C[C@@H]1CC(c3ccc(C)cc3)=CN1C2=O. The van der Waals surface area contributed by atoms with Crippen molar-refractivity contribution in [3.05, 3.63) is 154 Å². The number of hydrogen-bond acceptors (Lipinski definition) is 18. The third-order valence-corrected chi connectivity index (χ3v) is 26.9. The highest BCUT2D eigenvalue weighted by Crippen LogP contribution is 2.58. The third kappa shape index (κ3) is 16.5. The van der Waals surface area contributed by atoms with Gasteiger partial charge in [0.2, 0.25) is 0 Å². The maximum Gasteiger partial charge on any atom is 0.260 e. The van der Waals surface area contributed by atoms with Crippen molar-refractivity contribution >= 4 is 97.9 Å². The third-order valence-electron chi connectivity index (χ3n) is 23.5. The summed E-state index contributed by atoms with van der Waals surface area (Å²) in [6, 6.07) is 30.6. The number of amides is 6. The fraction of sp³-hybridized carbons (Fsp3) is 0.455. The number of carbonyl (C=O) groups is 6. The van der Waals surface area contributed by atoms with Gasteiger partial charge >= 0.3 is 0 Å². The highest BCUT2D eigenvalue weighted by molar-refractivity contribution is 6.76. The molecule has 16 rings (SSSR count). The quantitative estimate of drug-likeness (QED) is 0.0328. The number of ether oxygens (including phenoxy) is 10. The van der Waals surface area contributed by atoms with Crippen molar-refractivity contribution in [2.75, 3.05) is 104 Å². The van der Waals surface area contributed by atoms with Crippen LogP contribution in [0.25, 0.3) is 11.1 Å². The fourth-order valence-electron chi connectivity index (χ4n) is 16.3. The van der Waals surface area contributed by atoms with Gasteiger partial charge in [-0.1, -0.05) is 98.9 Å². The first kappa shape index (κ1) is 79.0. The predicted molar refractivity (Wildman–Crippen MR) is 442 cm³/mol. The molecule has 26 heteroatoms. The van der Waals surface area contributed by atoms with Crippen LogP contribution in [-0.4, -0.2) is 202 Å². The zero-order chi connectivity index (χ0) is 80.1. The maximum atomic E-state index is 14.5. The number of aryl methyl sites for hydroxylation is 2. The van der Waals surface area contributed by atoms with E-state index in [0.717, 1.165) is 65.7 Å². The monoisotopic (exact) mass is 1580 g/mol. The van der Waals surface area contributed by atoms with Gasteiger partial charge in [-0.3, -0.25) is 48.6 Å². The van der Waals surface area contributed by atoms with Gasteiger partial charge in [-0.2, -0.15) is 0 Å². The molecule has 0 aromatic heterocycles. The summed E-state index contributed by atoms with van der Waals surface area (Å²) in [4.78, 5) is 104. The van der Waals surface area contributed by atoms with Crippen LogP contribution in [0.3, 0.4) is 0 Å². The average molecular weight is 1590 g/mol. The van der Waals surface area contributed by atoms with Crippen LogP contribution >= 0.6 is 0 Å². The number of carbonyl (C=O) groups excluding carboxylic acids is 6. The Balaban J connectivity index is 0.000000188. The summed E-state index contributed by atoms with van der Waals surface area (Å²) < 4.78 is 60.0. The lowest BCUT2D eigenvalue weighted by atomic mass is 10.0. The largest absolute Gasteiger partial charge is 0.493 e. The second-order valence-corrected chi connectivity index (χ2v) is 45.5. The first-order valence-electron chi connectivity index (χ1n) is 39.8. The van der Waals surface area contributed by atoms with Gasteiger partial charge in [-0.25, -0.2) is 0 Å². The Kier molecular flexibility index (Phi) is 22.3. The molecule has 4 atom stereocenters. The summed E-state index contributed by atoms with van der Waals surface area (Å²) in [5, 5.41) is 0. The van der Waals surface area contributed by atoms with Gasteiger partial charge < -0.3 is 67.0 Å². The summed E-state index contributed by atoms with van der Waals surface area (Å²) in [6.07, 6.45) is 15.6. The lowest BCUT2D eigenvalue weighted by molar-refractivity contribution is -0.123. The summed E-state index contributed by atoms with van der Waals surface area (Å²) in [5.41, 5.74) is 10.4. The molecule has 8 aliphatic heterocycles. The van der Waals surface area contributed by atoms with Crippen molar-refractivity contribution in [3.63, 3.8) is 0 Å². The number of anilines is 2. The molecule has 0 bridgehead atoms. The number of fused-ring (bicyclic) bond motifs is 8. The molecule has 10 aliphatic rings. The Morgan fingerprint density at radius 1 is 0.421 bits per heavy atom. The molecular formula is C88H104N8O16Si2. The Labute approximate surface area is 668 Å². The molecule has 24 nitrogen and oxygen atoms in total. The Morgan fingerprint density at radius 3 is 1.29 bits per heavy atom. The van der Waals surface area contributed by atoms with Crippen LogP contribution in [0.2, 0.25) is 51.4 Å². The second kappa shape index (κ2) is 32.2. The van der Waals surface area contributed by atoms with Crippen molar-refractivity contribution in [3.8, 4) is 46.0 Å². The minimum absolute atomic E-state index is 0.000817. The van der Waals surface area contributed by atoms with E-state index < -0.39 is 28.2 Å². The van der Waals surface area contributed by atoms with E-state index in [0.29, 0.717) is 161 Å². The van der Waals surface area contributed by atoms with Crippen LogP contribution in [0.1, 0.15) is 128 Å². The Bertz CT molecular complexity index is 4890. The minimum atomic E-state index is -1.42. The molecule has 600 valence electrons. The first-order valence-corrected chi connectivity index (χ1v) is 47.2. The van der Waals surface area contributed by atoms with Crippen LogP contribution in [0.15, 0.2) is 119 Å². The molecule has 2 saturated carbocycles. The number of rotatable bonds is 28. The van der Waals surface area contributed by atoms with Gasteiger partial charge in [0.1, 0.15) is 25.5 Å². The Hall–Kier alpha value is -10.3. The van der Waals surface area contributed by atoms with Gasteiger partial charge in [0.15, 0.2) is 46.0 Å². The van der Waals surface area contributed by atoms with E-state index >= 15 is 0 Å². The van der Waals surface area contributed by atoms with Crippen molar-refractivity contribution < 1.29 is 76.1 Å². The van der Waals surface area contributed by atoms with Crippen LogP contribution < -0.4 is 47.7 Å². The van der Waals surface area contributed by atoms with Crippen LogP contribution in [0, 0.1) is 24.7 Å². The number of methoxy groups -OCH3 is 4. The summed E-state index contributed by atoms with van der Waals surface area (Å²) in [6.45, 7) is 21.3. The first-order chi connectivity index (χ1) is 54.7. The lowest BCUT2D eigenvalue weighted by Gasteiger charge is -2.27. The molecule has 6 aromatic carbocycles. The minimum Gasteiger partial charge on any atom is -0.493 e. The van der Waals surface area contributed by atoms with E-state index in [2.05, 4.69) is 70.5 Å². The van der Waals surface area contributed by atoms with E-state index in [1.54, 1.807) is 93.5 Å². The number of aliphatic imine (C=N–C) groups is 2. The average Bonchev–Trinajstić information content (AvgIpc) is 1.58. The van der Waals surface area contributed by atoms with Gasteiger partial charge in [-0.05, 0) is 122 Å². The summed E-state index contributed by atoms with van der Waals surface area (Å²) in [5.74, 6) is 2.46. The van der Waals surface area contributed by atoms with Gasteiger partial charge in [0, 0.05) is 117 Å². The van der Waals surface area contributed by atoms with Crippen molar-refractivity contribution in [2.24, 2.45) is 20.8 Å². The molecule has 0 radical (unpaired) electrons. The van der Waals surface area contributed by atoms with Crippen LogP contribution in [0.5, 0.6) is 46.0 Å². The molecule has 0 N–H and O–H groups in total. The van der Waals surface area contributed by atoms with Crippen molar-refractivity contribution in [1.29, 1.82) is 0 Å². The molecule has 6 aromatic rings. The second-order valence-electron chi connectivity index (χ2n) is 34.3. The normalized spacial score (nSPS) is 20.4. The Morgan fingerprint density at radius 2 is 0.816 bits per heavy atom. The van der Waals surface area contributed by atoms with Crippen LogP contribution in [-0.2, 0) is 19.1 Å². The molecule has 2 saturated heterocycles. The molecule has 4 fully saturated rings. The fourth-order valence-corrected chi connectivity index (χ4v) is 17.8. The molecule has 8 heterocycles. The van der Waals surface area contributed by atoms with E-state index in [4.69, 9.17) is 57.4 Å². The van der Waals surface area contributed by atoms with Crippen LogP contribution in [0.4, 0.5) is 22.7 Å². The van der Waals surface area contributed by atoms with E-state index in [1.165, 1.54) is 32.6 Å². The highest BCUT2D eigenvalue weighted by Gasteiger charge is 2.58. The zero-order valence-corrected chi connectivity index (χ0v) is 69.5. The number of benzene rings is 6. The van der Waals surface area contributed by atoms with E-state index in [-0.39, 0.29) is 79.6 Å². The standard InChI is InChI=1S/C50H66N4O10Si2.C38H38N4O6/c1-33-11-13-34(14-12-33)35-23-40-48(57)53(31-61-19-21-65(4,5)6)38-26-44(42(59-2)24-36(38)46(55)51(40)29-35)63-17-10-18-64-45-27-39-37(25-43(45)60-3)47(56)52-30-50(15-16-50)28-41(52)49(58)54(39)32-62-20-22-66(7,8)9;1-23-5-7-24(8-6-23)25-13-26-19-39-30-16-34(32(45-2)14-28(30)36(43)41(26)21-25)47-11-4-12-48-35-17-31-29(15-33(35)46-3)37(44)42-22-38(9-10-38)18-27(42)20-40-31/h11-14,24-27,29,40-41H,10,15-23,28,30-32H2,1-9H3;5-8,14-17,19-21,26-27H,4,9-13,18,22H2,1-3H3/t40-,41-;26-,27-/m00/s1. The van der Waals surface area contributed by atoms with Crippen molar-refractivity contribution in [2.45, 2.75) is 154 Å². The van der Waals surface area contributed by atoms with E-state index in [9.17, 15) is 28.8 Å². The van der Waals surface area contributed by atoms with E-state index in [1.807, 2.05) is 54.7 Å². The molecular weight excluding hydrogens is 1480 g/mol. The zero-order valence-electron chi connectivity index (χ0n) is 67.5. The molecule has 114 heavy (non-hydrogen) atoms. The molecule has 2 aliphatic carbocycles. The topological polar surface area (TPSA) is 239 Å². The summed E-state index contributed by atoms with van der Waals surface area (Å²) in [7, 11) is 3.37. The number of nitrogens with zero attached hydrogens (tertiary/aromatic N) is 8. The highest BCUT2D eigenvalue weighted by atomic mass is 28.3.